The number of carbonyl (C=O) groups is 1. The standard InChI is InChI=1S/C14H14BrNOS/c1-10(9-11-5-3-2-4-6-11)16-14(17)12-7-8-13(15)18-12/h2-8,10H,9H2,1H3,(H,16,17). The van der Waals surface area contributed by atoms with Gasteiger partial charge in [0, 0.05) is 6.04 Å². The van der Waals surface area contributed by atoms with Gasteiger partial charge in [-0.1, -0.05) is 30.3 Å². The van der Waals surface area contributed by atoms with Gasteiger partial charge in [-0.25, -0.2) is 0 Å². The molecule has 1 aromatic carbocycles. The quantitative estimate of drug-likeness (QED) is 0.909. The van der Waals surface area contributed by atoms with E-state index in [-0.39, 0.29) is 11.9 Å². The van der Waals surface area contributed by atoms with E-state index in [0.29, 0.717) is 0 Å². The molecule has 94 valence electrons. The minimum atomic E-state index is -0.00543. The third-order valence-electron chi connectivity index (χ3n) is 2.56. The van der Waals surface area contributed by atoms with Crippen LogP contribution in [0.25, 0.3) is 0 Å². The van der Waals surface area contributed by atoms with E-state index in [1.165, 1.54) is 16.9 Å². The summed E-state index contributed by atoms with van der Waals surface area (Å²) in [4.78, 5) is 12.7. The number of amides is 1. The Morgan fingerprint density at radius 3 is 2.61 bits per heavy atom. The summed E-state index contributed by atoms with van der Waals surface area (Å²) in [6.45, 7) is 2.02. The molecule has 0 aliphatic rings. The first-order valence-corrected chi connectivity index (χ1v) is 7.36. The number of halogens is 1. The van der Waals surface area contributed by atoms with Gasteiger partial charge in [-0.3, -0.25) is 4.79 Å². The Kier molecular flexibility index (Phi) is 4.55. The first-order valence-electron chi connectivity index (χ1n) is 5.75. The van der Waals surface area contributed by atoms with Gasteiger partial charge < -0.3 is 5.32 Å². The summed E-state index contributed by atoms with van der Waals surface area (Å²) in [5.41, 5.74) is 1.23. The number of benzene rings is 1. The molecule has 0 saturated carbocycles. The Hall–Kier alpha value is -1.13. The highest BCUT2D eigenvalue weighted by molar-refractivity contribution is 9.11. The minimum Gasteiger partial charge on any atom is -0.349 e. The number of thiophene rings is 1. The summed E-state index contributed by atoms with van der Waals surface area (Å²) < 4.78 is 0.975. The van der Waals surface area contributed by atoms with E-state index in [0.717, 1.165) is 15.1 Å². The van der Waals surface area contributed by atoms with E-state index in [1.54, 1.807) is 0 Å². The van der Waals surface area contributed by atoms with Crippen molar-refractivity contribution < 1.29 is 4.79 Å². The highest BCUT2D eigenvalue weighted by Gasteiger charge is 2.11. The highest BCUT2D eigenvalue weighted by atomic mass is 79.9. The van der Waals surface area contributed by atoms with Crippen LogP contribution in [0.15, 0.2) is 46.3 Å². The predicted octanol–water partition coefficient (Wildman–Crippen LogP) is 3.87. The zero-order valence-electron chi connectivity index (χ0n) is 10.0. The van der Waals surface area contributed by atoms with Crippen molar-refractivity contribution in [3.8, 4) is 0 Å². The van der Waals surface area contributed by atoms with Crippen molar-refractivity contribution in [2.45, 2.75) is 19.4 Å². The maximum absolute atomic E-state index is 11.9. The van der Waals surface area contributed by atoms with Crippen LogP contribution in [0.1, 0.15) is 22.2 Å². The third-order valence-corrected chi connectivity index (χ3v) is 4.18. The Morgan fingerprint density at radius 1 is 1.28 bits per heavy atom. The van der Waals surface area contributed by atoms with Gasteiger partial charge in [0.05, 0.1) is 8.66 Å². The largest absolute Gasteiger partial charge is 0.349 e. The molecule has 1 aromatic heterocycles. The molecule has 0 fully saturated rings. The fourth-order valence-corrected chi connectivity index (χ4v) is 3.04. The lowest BCUT2D eigenvalue weighted by Crippen LogP contribution is -2.33. The van der Waals surface area contributed by atoms with Gasteiger partial charge in [-0.2, -0.15) is 0 Å². The lowest BCUT2D eigenvalue weighted by atomic mass is 10.1. The van der Waals surface area contributed by atoms with Gasteiger partial charge in [0.1, 0.15) is 0 Å². The number of rotatable bonds is 4. The van der Waals surface area contributed by atoms with E-state index in [9.17, 15) is 4.79 Å². The molecular weight excluding hydrogens is 310 g/mol. The molecule has 1 unspecified atom stereocenters. The molecule has 0 aliphatic carbocycles. The summed E-state index contributed by atoms with van der Waals surface area (Å²) >= 11 is 4.81. The summed E-state index contributed by atoms with van der Waals surface area (Å²) in [5, 5.41) is 3.01. The molecule has 0 saturated heterocycles. The summed E-state index contributed by atoms with van der Waals surface area (Å²) in [7, 11) is 0. The van der Waals surface area contributed by atoms with Crippen molar-refractivity contribution in [2.24, 2.45) is 0 Å². The van der Waals surface area contributed by atoms with Gasteiger partial charge in [-0.15, -0.1) is 11.3 Å². The maximum atomic E-state index is 11.9. The van der Waals surface area contributed by atoms with Gasteiger partial charge in [0.2, 0.25) is 0 Å². The van der Waals surface area contributed by atoms with Crippen LogP contribution < -0.4 is 5.32 Å². The average molecular weight is 324 g/mol. The molecule has 1 atom stereocenters. The van der Waals surface area contributed by atoms with Crippen LogP contribution in [-0.2, 0) is 6.42 Å². The Bertz CT molecular complexity index is 524. The normalized spacial score (nSPS) is 12.1. The van der Waals surface area contributed by atoms with E-state index < -0.39 is 0 Å². The molecule has 1 amide bonds. The number of nitrogens with one attached hydrogen (secondary N) is 1. The summed E-state index contributed by atoms with van der Waals surface area (Å²) in [6, 6.07) is 14.0. The Balaban J connectivity index is 1.92. The predicted molar refractivity (Wildman–Crippen MR) is 79.1 cm³/mol. The number of hydrogen-bond donors (Lipinski definition) is 1. The molecule has 0 radical (unpaired) electrons. The van der Waals surface area contributed by atoms with Crippen molar-refractivity contribution in [2.75, 3.05) is 0 Å². The van der Waals surface area contributed by atoms with Crippen molar-refractivity contribution in [3.63, 3.8) is 0 Å². The summed E-state index contributed by atoms with van der Waals surface area (Å²) in [5.74, 6) is -0.00543. The van der Waals surface area contributed by atoms with E-state index in [1.807, 2.05) is 37.3 Å². The number of carbonyl (C=O) groups excluding carboxylic acids is 1. The second-order valence-electron chi connectivity index (χ2n) is 4.17. The molecular formula is C14H14BrNOS. The third kappa shape index (κ3) is 3.68. The Labute approximate surface area is 119 Å². The van der Waals surface area contributed by atoms with Crippen LogP contribution in [-0.4, -0.2) is 11.9 Å². The van der Waals surface area contributed by atoms with Crippen LogP contribution in [0, 0.1) is 0 Å². The van der Waals surface area contributed by atoms with Crippen LogP contribution in [0.3, 0.4) is 0 Å². The summed E-state index contributed by atoms with van der Waals surface area (Å²) in [6.07, 6.45) is 0.846. The smallest absolute Gasteiger partial charge is 0.261 e. The average Bonchev–Trinajstić information content (AvgIpc) is 2.77. The molecule has 2 nitrogen and oxygen atoms in total. The van der Waals surface area contributed by atoms with Gasteiger partial charge >= 0.3 is 0 Å². The second kappa shape index (κ2) is 6.16. The molecule has 1 N–H and O–H groups in total. The molecule has 2 aromatic rings. The lowest BCUT2D eigenvalue weighted by molar-refractivity contribution is 0.0944. The molecule has 18 heavy (non-hydrogen) atoms. The maximum Gasteiger partial charge on any atom is 0.261 e. The molecule has 0 aliphatic heterocycles. The van der Waals surface area contributed by atoms with Crippen molar-refractivity contribution in [3.05, 3.63) is 56.7 Å². The van der Waals surface area contributed by atoms with Gasteiger partial charge in [-0.05, 0) is 47.0 Å². The lowest BCUT2D eigenvalue weighted by Gasteiger charge is -2.13. The van der Waals surface area contributed by atoms with Crippen molar-refractivity contribution in [1.29, 1.82) is 0 Å². The van der Waals surface area contributed by atoms with E-state index >= 15 is 0 Å². The molecule has 0 spiro atoms. The number of hydrogen-bond acceptors (Lipinski definition) is 2. The first kappa shape index (κ1) is 13.3. The zero-order valence-corrected chi connectivity index (χ0v) is 12.4. The first-order chi connectivity index (χ1) is 8.65. The highest BCUT2D eigenvalue weighted by Crippen LogP contribution is 2.22. The molecule has 2 rings (SSSR count). The van der Waals surface area contributed by atoms with Crippen LogP contribution in [0.2, 0.25) is 0 Å². The minimum absolute atomic E-state index is 0.00543. The Morgan fingerprint density at radius 2 is 2.00 bits per heavy atom. The van der Waals surface area contributed by atoms with Crippen molar-refractivity contribution >= 4 is 33.2 Å². The monoisotopic (exact) mass is 323 g/mol. The second-order valence-corrected chi connectivity index (χ2v) is 6.63. The zero-order chi connectivity index (χ0) is 13.0. The fraction of sp³-hybridized carbons (Fsp3) is 0.214. The van der Waals surface area contributed by atoms with Crippen LogP contribution >= 0.6 is 27.3 Å². The van der Waals surface area contributed by atoms with Crippen LogP contribution in [0.5, 0.6) is 0 Å². The molecule has 1 heterocycles. The SMILES string of the molecule is CC(Cc1ccccc1)NC(=O)c1ccc(Br)s1. The van der Waals surface area contributed by atoms with Crippen molar-refractivity contribution in [1.82, 2.24) is 5.32 Å². The van der Waals surface area contributed by atoms with E-state index in [2.05, 4.69) is 33.4 Å². The van der Waals surface area contributed by atoms with Gasteiger partial charge in [0.15, 0.2) is 0 Å². The fourth-order valence-electron chi connectivity index (χ4n) is 1.75. The topological polar surface area (TPSA) is 29.1 Å². The van der Waals surface area contributed by atoms with Gasteiger partial charge in [0.25, 0.3) is 5.91 Å². The molecule has 4 heteroatoms. The van der Waals surface area contributed by atoms with Crippen LogP contribution in [0.4, 0.5) is 0 Å². The van der Waals surface area contributed by atoms with E-state index in [4.69, 9.17) is 0 Å². The molecule has 0 bridgehead atoms.